The highest BCUT2D eigenvalue weighted by Crippen LogP contribution is 2.67. The van der Waals surface area contributed by atoms with E-state index < -0.39 is 5.41 Å². The quantitative estimate of drug-likeness (QED) is 0.150. The van der Waals surface area contributed by atoms with Crippen LogP contribution < -0.4 is 9.80 Å². The van der Waals surface area contributed by atoms with Gasteiger partial charge in [0.1, 0.15) is 0 Å². The van der Waals surface area contributed by atoms with E-state index >= 15 is 0 Å². The Hall–Kier alpha value is -8.46. The van der Waals surface area contributed by atoms with Crippen molar-refractivity contribution < 1.29 is 0 Å². The number of anilines is 6. The number of fused-ring (bicyclic) bond motifs is 12. The van der Waals surface area contributed by atoms with Gasteiger partial charge in [0, 0.05) is 34.0 Å². The van der Waals surface area contributed by atoms with Gasteiger partial charge in [-0.15, -0.1) is 0 Å². The van der Waals surface area contributed by atoms with Gasteiger partial charge in [-0.05, 0) is 139 Å². The first-order valence-electron chi connectivity index (χ1n) is 23.0. The molecule has 1 spiro atoms. The molecule has 0 atom stereocenters. The molecule has 0 amide bonds. The molecule has 0 fully saturated rings. The average molecular weight is 841 g/mol. The van der Waals surface area contributed by atoms with Crippen LogP contribution in [0.4, 0.5) is 34.1 Å². The third kappa shape index (κ3) is 5.82. The summed E-state index contributed by atoms with van der Waals surface area (Å²) < 4.78 is 0. The second kappa shape index (κ2) is 15.4. The number of hydrogen-bond acceptors (Lipinski definition) is 2. The summed E-state index contributed by atoms with van der Waals surface area (Å²) in [5.41, 5.74) is 24.0. The van der Waals surface area contributed by atoms with E-state index in [1.807, 2.05) is 0 Å². The standard InChI is InChI=1S/C64H44N2/c1-5-18-44(19-6-1)46-32-37-51(38-33-46)65(49-23-9-3-10-24-49)53-42-60-63(61(43-53)66(50-25-11-4-12-26-50)52-39-34-47(35-40-52)45-20-7-2-8-21-45)62-54-29-17-22-48(54)36-41-59(62)64(60)57-30-15-13-27-55(57)56-28-14-16-31-58(56)64/h1-28,30-43H,29H2. The minimum absolute atomic E-state index is 0.570. The predicted octanol–water partition coefficient (Wildman–Crippen LogP) is 16.9. The maximum absolute atomic E-state index is 2.53. The molecule has 0 saturated carbocycles. The van der Waals surface area contributed by atoms with Crippen LogP contribution in [0.15, 0.2) is 249 Å². The van der Waals surface area contributed by atoms with Crippen LogP contribution in [-0.4, -0.2) is 0 Å². The first-order chi connectivity index (χ1) is 32.8. The summed E-state index contributed by atoms with van der Waals surface area (Å²) in [4.78, 5) is 4.96. The molecule has 0 aromatic heterocycles. The van der Waals surface area contributed by atoms with Gasteiger partial charge in [-0.2, -0.15) is 0 Å². The number of benzene rings is 10. The van der Waals surface area contributed by atoms with Gasteiger partial charge in [0.05, 0.1) is 11.1 Å². The van der Waals surface area contributed by atoms with Gasteiger partial charge in [-0.3, -0.25) is 0 Å². The zero-order valence-electron chi connectivity index (χ0n) is 36.4. The van der Waals surface area contributed by atoms with E-state index in [1.165, 1.54) is 77.9 Å². The molecule has 0 aliphatic heterocycles. The normalized spacial score (nSPS) is 13.2. The van der Waals surface area contributed by atoms with Gasteiger partial charge >= 0.3 is 0 Å². The summed E-state index contributed by atoms with van der Waals surface area (Å²) in [5.74, 6) is 0. The molecular formula is C64H44N2. The number of allylic oxidation sites excluding steroid dienone is 1. The Morgan fingerprint density at radius 3 is 1.33 bits per heavy atom. The van der Waals surface area contributed by atoms with Crippen molar-refractivity contribution in [3.05, 3.63) is 282 Å². The van der Waals surface area contributed by atoms with E-state index in [4.69, 9.17) is 0 Å². The van der Waals surface area contributed by atoms with Crippen molar-refractivity contribution in [2.24, 2.45) is 0 Å². The fraction of sp³-hybridized carbons (Fsp3) is 0.0312. The number of rotatable bonds is 8. The first-order valence-corrected chi connectivity index (χ1v) is 23.0. The van der Waals surface area contributed by atoms with Crippen LogP contribution in [-0.2, 0) is 11.8 Å². The van der Waals surface area contributed by atoms with Gasteiger partial charge in [0.2, 0.25) is 0 Å². The van der Waals surface area contributed by atoms with Gasteiger partial charge in [-0.1, -0.05) is 194 Å². The molecule has 66 heavy (non-hydrogen) atoms. The van der Waals surface area contributed by atoms with Crippen LogP contribution in [0.2, 0.25) is 0 Å². The molecule has 3 aliphatic rings. The summed E-state index contributed by atoms with van der Waals surface area (Å²) in [5, 5.41) is 0. The highest BCUT2D eigenvalue weighted by molar-refractivity contribution is 6.05. The van der Waals surface area contributed by atoms with E-state index in [9.17, 15) is 0 Å². The molecular weight excluding hydrogens is 797 g/mol. The van der Waals surface area contributed by atoms with Crippen molar-refractivity contribution in [3.8, 4) is 44.5 Å². The molecule has 10 aromatic carbocycles. The fourth-order valence-corrected chi connectivity index (χ4v) is 11.3. The lowest BCUT2D eigenvalue weighted by Gasteiger charge is -2.34. The van der Waals surface area contributed by atoms with Gasteiger partial charge < -0.3 is 9.80 Å². The second-order valence-electron chi connectivity index (χ2n) is 17.6. The Balaban J connectivity index is 1.15. The van der Waals surface area contributed by atoms with Crippen molar-refractivity contribution in [2.45, 2.75) is 11.8 Å². The van der Waals surface area contributed by atoms with Crippen molar-refractivity contribution in [1.29, 1.82) is 0 Å². The number of nitrogens with zero attached hydrogens (tertiary/aromatic N) is 2. The van der Waals surface area contributed by atoms with Crippen molar-refractivity contribution in [1.82, 2.24) is 0 Å². The molecule has 0 heterocycles. The van der Waals surface area contributed by atoms with Crippen LogP contribution in [0.3, 0.4) is 0 Å². The van der Waals surface area contributed by atoms with Crippen LogP contribution in [0, 0.1) is 0 Å². The zero-order valence-corrected chi connectivity index (χ0v) is 36.4. The van der Waals surface area contributed by atoms with Gasteiger partial charge in [0.25, 0.3) is 0 Å². The van der Waals surface area contributed by atoms with Crippen LogP contribution in [0.5, 0.6) is 0 Å². The van der Waals surface area contributed by atoms with Crippen molar-refractivity contribution >= 4 is 40.2 Å². The summed E-state index contributed by atoms with van der Waals surface area (Å²) in [6.07, 6.45) is 5.55. The highest BCUT2D eigenvalue weighted by Gasteiger charge is 2.53. The number of para-hydroxylation sites is 2. The lowest BCUT2D eigenvalue weighted by Crippen LogP contribution is -2.26. The molecule has 0 unspecified atom stereocenters. The highest BCUT2D eigenvalue weighted by atomic mass is 15.2. The van der Waals surface area contributed by atoms with Crippen LogP contribution in [0.1, 0.15) is 33.4 Å². The summed E-state index contributed by atoms with van der Waals surface area (Å²) in [7, 11) is 0. The van der Waals surface area contributed by atoms with E-state index in [-0.39, 0.29) is 0 Å². The lowest BCUT2D eigenvalue weighted by atomic mass is 9.70. The topological polar surface area (TPSA) is 6.48 Å². The van der Waals surface area contributed by atoms with E-state index in [2.05, 4.69) is 265 Å². The van der Waals surface area contributed by atoms with E-state index in [1.54, 1.807) is 0 Å². The second-order valence-corrected chi connectivity index (χ2v) is 17.6. The molecule has 13 rings (SSSR count). The van der Waals surface area contributed by atoms with Crippen molar-refractivity contribution in [2.75, 3.05) is 9.80 Å². The molecule has 2 heteroatoms. The molecule has 0 bridgehead atoms. The Labute approximate surface area is 386 Å². The SMILES string of the molecule is C1=Cc2ccc3c(c2C1)-c1c(N(c2ccccc2)c2ccc(-c4ccccc4)cc2)cc(N(c2ccccc2)c2ccc(-c4ccccc4)cc2)cc1C31c2ccccc2-c2ccccc21. The third-order valence-corrected chi connectivity index (χ3v) is 14.1. The molecule has 2 nitrogen and oxygen atoms in total. The smallest absolute Gasteiger partial charge is 0.0727 e. The molecule has 310 valence electrons. The molecule has 10 aromatic rings. The summed E-state index contributed by atoms with van der Waals surface area (Å²) in [6.45, 7) is 0. The molecule has 0 N–H and O–H groups in total. The summed E-state index contributed by atoms with van der Waals surface area (Å²) >= 11 is 0. The molecule has 0 saturated heterocycles. The van der Waals surface area contributed by atoms with Gasteiger partial charge in [-0.25, -0.2) is 0 Å². The Kier molecular flexibility index (Phi) is 8.86. The zero-order chi connectivity index (χ0) is 43.6. The monoisotopic (exact) mass is 840 g/mol. The lowest BCUT2D eigenvalue weighted by molar-refractivity contribution is 0.793. The minimum Gasteiger partial charge on any atom is -0.310 e. The molecule has 0 radical (unpaired) electrons. The van der Waals surface area contributed by atoms with E-state index in [0.717, 1.165) is 40.5 Å². The number of hydrogen-bond donors (Lipinski definition) is 0. The maximum atomic E-state index is 2.53. The average Bonchev–Trinajstić information content (AvgIpc) is 4.08. The van der Waals surface area contributed by atoms with Crippen LogP contribution >= 0.6 is 0 Å². The van der Waals surface area contributed by atoms with Gasteiger partial charge in [0.15, 0.2) is 0 Å². The predicted molar refractivity (Wildman–Crippen MR) is 276 cm³/mol. The molecule has 3 aliphatic carbocycles. The van der Waals surface area contributed by atoms with Crippen molar-refractivity contribution in [3.63, 3.8) is 0 Å². The summed E-state index contributed by atoms with van der Waals surface area (Å²) in [6, 6.07) is 89.5. The Morgan fingerprint density at radius 2 is 0.773 bits per heavy atom. The largest absolute Gasteiger partial charge is 0.310 e. The first kappa shape index (κ1) is 38.0. The minimum atomic E-state index is -0.570. The Bertz CT molecular complexity index is 3420. The van der Waals surface area contributed by atoms with Crippen LogP contribution in [0.25, 0.3) is 50.6 Å². The third-order valence-electron chi connectivity index (χ3n) is 14.1. The Morgan fingerprint density at radius 1 is 0.318 bits per heavy atom. The fourth-order valence-electron chi connectivity index (χ4n) is 11.3. The maximum Gasteiger partial charge on any atom is 0.0727 e. The van der Waals surface area contributed by atoms with E-state index in [0.29, 0.717) is 0 Å².